The van der Waals surface area contributed by atoms with Crippen molar-refractivity contribution in [1.82, 2.24) is 4.90 Å². The fourth-order valence-electron chi connectivity index (χ4n) is 4.05. The normalized spacial score (nSPS) is 17.7. The molecule has 1 amide bonds. The smallest absolute Gasteiger partial charge is 0.338 e. The number of thioether (sulfide) groups is 1. The summed E-state index contributed by atoms with van der Waals surface area (Å²) in [5.74, 6) is 0.513. The van der Waals surface area contributed by atoms with E-state index >= 15 is 0 Å². The van der Waals surface area contributed by atoms with Gasteiger partial charge in [0, 0.05) is 23.0 Å². The third kappa shape index (κ3) is 5.85. The molecule has 0 radical (unpaired) electrons. The maximum Gasteiger partial charge on any atom is 0.338 e. The highest BCUT2D eigenvalue weighted by atomic mass is 35.5. The number of allylic oxidation sites excluding steroid dienone is 1. The number of rotatable bonds is 6. The predicted molar refractivity (Wildman–Crippen MR) is 143 cm³/mol. The van der Waals surface area contributed by atoms with Crippen molar-refractivity contribution in [2.75, 3.05) is 24.2 Å². The van der Waals surface area contributed by atoms with Gasteiger partial charge in [-0.15, -0.1) is 0 Å². The Kier molecular flexibility index (Phi) is 8.09. The van der Waals surface area contributed by atoms with Gasteiger partial charge in [-0.1, -0.05) is 60.9 Å². The van der Waals surface area contributed by atoms with Gasteiger partial charge in [0.25, 0.3) is 5.91 Å². The number of fused-ring (bicyclic) bond motifs is 1. The molecule has 2 aliphatic heterocycles. The highest BCUT2D eigenvalue weighted by molar-refractivity contribution is 8.13. The van der Waals surface area contributed by atoms with E-state index in [0.29, 0.717) is 34.2 Å². The lowest BCUT2D eigenvalue weighted by atomic mass is 9.94. The van der Waals surface area contributed by atoms with Crippen molar-refractivity contribution >= 4 is 57.7 Å². The second-order valence-electron chi connectivity index (χ2n) is 8.89. The molecule has 2 aromatic rings. The maximum atomic E-state index is 13.2. The number of hydrogen-bond acceptors (Lipinski definition) is 6. The van der Waals surface area contributed by atoms with Crippen molar-refractivity contribution in [3.8, 4) is 0 Å². The van der Waals surface area contributed by atoms with Gasteiger partial charge >= 0.3 is 5.97 Å². The van der Waals surface area contributed by atoms with Crippen LogP contribution in [0.25, 0.3) is 0 Å². The maximum absolute atomic E-state index is 13.2. The summed E-state index contributed by atoms with van der Waals surface area (Å²) in [6.45, 7) is 6.98. The van der Waals surface area contributed by atoms with E-state index in [-0.39, 0.29) is 28.9 Å². The number of esters is 1. The fourth-order valence-corrected chi connectivity index (χ4v) is 5.57. The Morgan fingerprint density at radius 2 is 2.03 bits per heavy atom. The lowest BCUT2D eigenvalue weighted by Gasteiger charge is -2.40. The van der Waals surface area contributed by atoms with Gasteiger partial charge in [-0.05, 0) is 55.2 Å². The van der Waals surface area contributed by atoms with Crippen molar-refractivity contribution in [2.24, 2.45) is 10.9 Å². The standard InChI is InChI=1S/C26H27Cl2N3O3S/c1-15(2)14-34-25(33)22-16(3)29-26-31(10-5-11-35-26)23(22)17-6-4-7-19(12-17)30-24(32)20-9-8-18(27)13-21(20)28/h4,6-9,12-13,15,23H,5,10-11,14H2,1-3H3,(H,30,32). The van der Waals surface area contributed by atoms with Gasteiger partial charge in [0.2, 0.25) is 0 Å². The second kappa shape index (κ2) is 11.1. The van der Waals surface area contributed by atoms with Gasteiger partial charge in [0.1, 0.15) is 0 Å². The zero-order valence-corrected chi connectivity index (χ0v) is 22.1. The van der Waals surface area contributed by atoms with Crippen LogP contribution >= 0.6 is 35.0 Å². The quantitative estimate of drug-likeness (QED) is 0.426. The first-order valence-electron chi connectivity index (χ1n) is 11.5. The van der Waals surface area contributed by atoms with E-state index in [1.807, 2.05) is 39.0 Å². The summed E-state index contributed by atoms with van der Waals surface area (Å²) < 4.78 is 5.63. The topological polar surface area (TPSA) is 71.0 Å². The number of carbonyl (C=O) groups excluding carboxylic acids is 2. The SMILES string of the molecule is CC1=C(C(=O)OCC(C)C)C(c2cccc(NC(=O)c3ccc(Cl)cc3Cl)c2)N2CCCSC2=N1. The molecule has 4 rings (SSSR count). The molecule has 184 valence electrons. The van der Waals surface area contributed by atoms with E-state index < -0.39 is 0 Å². The van der Waals surface area contributed by atoms with E-state index in [4.69, 9.17) is 32.9 Å². The van der Waals surface area contributed by atoms with Crippen LogP contribution in [0.15, 0.2) is 58.7 Å². The lowest BCUT2D eigenvalue weighted by Crippen LogP contribution is -2.42. The zero-order valence-electron chi connectivity index (χ0n) is 19.8. The van der Waals surface area contributed by atoms with Crippen LogP contribution in [0, 0.1) is 5.92 Å². The average Bonchev–Trinajstić information content (AvgIpc) is 2.81. The third-order valence-electron chi connectivity index (χ3n) is 5.66. The van der Waals surface area contributed by atoms with Gasteiger partial charge < -0.3 is 15.0 Å². The van der Waals surface area contributed by atoms with Crippen LogP contribution in [-0.2, 0) is 9.53 Å². The minimum atomic E-state index is -0.359. The first kappa shape index (κ1) is 25.6. The van der Waals surface area contributed by atoms with Crippen LogP contribution in [0.4, 0.5) is 5.69 Å². The van der Waals surface area contributed by atoms with E-state index in [1.165, 1.54) is 6.07 Å². The van der Waals surface area contributed by atoms with Crippen molar-refractivity contribution in [2.45, 2.75) is 33.2 Å². The summed E-state index contributed by atoms with van der Waals surface area (Å²) in [4.78, 5) is 33.0. The molecule has 2 heterocycles. The molecule has 0 bridgehead atoms. The number of halogens is 2. The molecule has 6 nitrogen and oxygen atoms in total. The van der Waals surface area contributed by atoms with Gasteiger partial charge in [0.15, 0.2) is 5.17 Å². The van der Waals surface area contributed by atoms with Crippen LogP contribution in [0.5, 0.6) is 0 Å². The Balaban J connectivity index is 1.67. The summed E-state index contributed by atoms with van der Waals surface area (Å²) in [6.07, 6.45) is 0.985. The van der Waals surface area contributed by atoms with Crippen LogP contribution in [0.3, 0.4) is 0 Å². The highest BCUT2D eigenvalue weighted by Gasteiger charge is 2.38. The number of anilines is 1. The number of nitrogens with zero attached hydrogens (tertiary/aromatic N) is 2. The van der Waals surface area contributed by atoms with E-state index in [1.54, 1.807) is 30.0 Å². The molecule has 2 aliphatic rings. The van der Waals surface area contributed by atoms with Crippen LogP contribution in [0.1, 0.15) is 49.2 Å². The third-order valence-corrected chi connectivity index (χ3v) is 7.29. The van der Waals surface area contributed by atoms with Crippen molar-refractivity contribution in [3.63, 3.8) is 0 Å². The Hall–Kier alpha value is -2.48. The summed E-state index contributed by atoms with van der Waals surface area (Å²) in [5.41, 5.74) is 2.98. The van der Waals surface area contributed by atoms with Crippen LogP contribution in [-0.4, -0.2) is 40.8 Å². The minimum Gasteiger partial charge on any atom is -0.462 e. The number of benzene rings is 2. The van der Waals surface area contributed by atoms with Crippen LogP contribution < -0.4 is 5.32 Å². The molecular weight excluding hydrogens is 505 g/mol. The fraction of sp³-hybridized carbons (Fsp3) is 0.346. The summed E-state index contributed by atoms with van der Waals surface area (Å²) >= 11 is 13.9. The molecule has 9 heteroatoms. The number of hydrogen-bond donors (Lipinski definition) is 1. The monoisotopic (exact) mass is 531 g/mol. The Morgan fingerprint density at radius 3 is 2.77 bits per heavy atom. The summed E-state index contributed by atoms with van der Waals surface area (Å²) in [6, 6.07) is 11.9. The molecular formula is C26H27Cl2N3O3S. The average molecular weight is 532 g/mol. The molecule has 0 spiro atoms. The Morgan fingerprint density at radius 1 is 1.23 bits per heavy atom. The molecule has 1 unspecified atom stereocenters. The first-order chi connectivity index (χ1) is 16.7. The lowest BCUT2D eigenvalue weighted by molar-refractivity contribution is -0.140. The van der Waals surface area contributed by atoms with Gasteiger partial charge in [-0.3, -0.25) is 4.79 Å². The van der Waals surface area contributed by atoms with Crippen LogP contribution in [0.2, 0.25) is 10.0 Å². The number of ether oxygens (including phenoxy) is 1. The predicted octanol–water partition coefficient (Wildman–Crippen LogP) is 6.57. The zero-order chi connectivity index (χ0) is 25.1. The van der Waals surface area contributed by atoms with Gasteiger partial charge in [0.05, 0.1) is 34.5 Å². The highest BCUT2D eigenvalue weighted by Crippen LogP contribution is 2.40. The first-order valence-corrected chi connectivity index (χ1v) is 13.2. The number of nitrogens with one attached hydrogen (secondary N) is 1. The molecule has 35 heavy (non-hydrogen) atoms. The molecule has 1 atom stereocenters. The number of amides is 1. The second-order valence-corrected chi connectivity index (χ2v) is 10.8. The van der Waals surface area contributed by atoms with E-state index in [2.05, 4.69) is 10.2 Å². The molecule has 0 saturated carbocycles. The minimum absolute atomic E-state index is 0.227. The Bertz CT molecular complexity index is 1210. The largest absolute Gasteiger partial charge is 0.462 e. The summed E-state index contributed by atoms with van der Waals surface area (Å²) in [7, 11) is 0. The number of amidine groups is 1. The molecule has 1 fully saturated rings. The molecule has 0 aliphatic carbocycles. The molecule has 0 aromatic heterocycles. The molecule has 2 aromatic carbocycles. The van der Waals surface area contributed by atoms with E-state index in [9.17, 15) is 9.59 Å². The van der Waals surface area contributed by atoms with Crippen molar-refractivity contribution < 1.29 is 14.3 Å². The van der Waals surface area contributed by atoms with Crippen molar-refractivity contribution in [1.29, 1.82) is 0 Å². The Labute approximate surface area is 219 Å². The number of carbonyl (C=O) groups is 2. The van der Waals surface area contributed by atoms with Gasteiger partial charge in [-0.25, -0.2) is 9.79 Å². The van der Waals surface area contributed by atoms with Gasteiger partial charge in [-0.2, -0.15) is 0 Å². The summed E-state index contributed by atoms with van der Waals surface area (Å²) in [5, 5.41) is 4.55. The van der Waals surface area contributed by atoms with Crippen molar-refractivity contribution in [3.05, 3.63) is 74.9 Å². The number of aliphatic imine (C=N–C) groups is 1. The van der Waals surface area contributed by atoms with E-state index in [0.717, 1.165) is 29.4 Å². The molecule has 1 saturated heterocycles. The molecule has 1 N–H and O–H groups in total.